The largest absolute Gasteiger partial charge is 0.376 e. The number of halogens is 1. The number of aryl methyl sites for hydroxylation is 3. The Labute approximate surface area is 145 Å². The maximum Gasteiger partial charge on any atom is 0.274 e. The first-order valence-electron chi connectivity index (χ1n) is 7.33. The lowest BCUT2D eigenvalue weighted by atomic mass is 10.1. The highest BCUT2D eigenvalue weighted by atomic mass is 35.5. The molecule has 0 heterocycles. The van der Waals surface area contributed by atoms with Crippen LogP contribution in [0.4, 0.5) is 17.1 Å². The molecule has 0 aromatic heterocycles. The third-order valence-corrected chi connectivity index (χ3v) is 3.89. The third-order valence-electron chi connectivity index (χ3n) is 3.65. The molecule has 0 bridgehead atoms. The number of nitro groups is 1. The summed E-state index contributed by atoms with van der Waals surface area (Å²) in [6.45, 7) is 5.38. The molecule has 0 aliphatic carbocycles. The predicted octanol–water partition coefficient (Wildman–Crippen LogP) is 4.22. The molecular weight excluding hydrogens is 330 g/mol. The zero-order valence-corrected chi connectivity index (χ0v) is 14.4. The summed E-state index contributed by atoms with van der Waals surface area (Å²) in [4.78, 5) is 22.7. The van der Waals surface area contributed by atoms with Crippen molar-refractivity contribution in [1.82, 2.24) is 0 Å². The SMILES string of the molecule is Cc1cc(C)c([N+](=O)[O-])cc1NCC(=O)Nc1cc(Cl)ccc1C. The molecule has 0 fully saturated rings. The van der Waals surface area contributed by atoms with Gasteiger partial charge >= 0.3 is 0 Å². The minimum Gasteiger partial charge on any atom is -0.376 e. The van der Waals surface area contributed by atoms with Gasteiger partial charge in [0, 0.05) is 28.0 Å². The van der Waals surface area contributed by atoms with E-state index in [1.807, 2.05) is 19.9 Å². The number of nitrogens with zero attached hydrogens (tertiary/aromatic N) is 1. The van der Waals surface area contributed by atoms with Crippen molar-refractivity contribution in [3.8, 4) is 0 Å². The molecule has 0 unspecified atom stereocenters. The predicted molar refractivity (Wildman–Crippen MR) is 95.9 cm³/mol. The summed E-state index contributed by atoms with van der Waals surface area (Å²) in [7, 11) is 0. The van der Waals surface area contributed by atoms with Gasteiger partial charge < -0.3 is 10.6 Å². The van der Waals surface area contributed by atoms with Gasteiger partial charge in [0.1, 0.15) is 0 Å². The van der Waals surface area contributed by atoms with Crippen molar-refractivity contribution in [3.63, 3.8) is 0 Å². The van der Waals surface area contributed by atoms with Crippen molar-refractivity contribution in [1.29, 1.82) is 0 Å². The van der Waals surface area contributed by atoms with E-state index in [4.69, 9.17) is 11.6 Å². The Morgan fingerprint density at radius 3 is 2.46 bits per heavy atom. The minimum absolute atomic E-state index is 0.00694. The van der Waals surface area contributed by atoms with Crippen molar-refractivity contribution >= 4 is 34.6 Å². The molecule has 24 heavy (non-hydrogen) atoms. The minimum atomic E-state index is -0.435. The molecule has 126 valence electrons. The molecular formula is C17H18ClN3O3. The summed E-state index contributed by atoms with van der Waals surface area (Å²) in [5.74, 6) is -0.261. The fourth-order valence-electron chi connectivity index (χ4n) is 2.33. The fraction of sp³-hybridized carbons (Fsp3) is 0.235. The molecule has 0 aliphatic rings. The average molecular weight is 348 g/mol. The van der Waals surface area contributed by atoms with Gasteiger partial charge in [-0.15, -0.1) is 0 Å². The van der Waals surface area contributed by atoms with Crippen LogP contribution in [0.3, 0.4) is 0 Å². The van der Waals surface area contributed by atoms with E-state index in [9.17, 15) is 14.9 Å². The molecule has 0 saturated heterocycles. The first-order chi connectivity index (χ1) is 11.3. The fourth-order valence-corrected chi connectivity index (χ4v) is 2.50. The summed E-state index contributed by atoms with van der Waals surface area (Å²) in [5.41, 5.74) is 3.54. The maximum absolute atomic E-state index is 12.1. The second-order valence-corrected chi connectivity index (χ2v) is 6.01. The molecule has 2 aromatic carbocycles. The summed E-state index contributed by atoms with van der Waals surface area (Å²) in [5, 5.41) is 17.3. The van der Waals surface area contributed by atoms with E-state index >= 15 is 0 Å². The Balaban J connectivity index is 2.08. The number of nitrogens with one attached hydrogen (secondary N) is 2. The van der Waals surface area contributed by atoms with Crippen LogP contribution in [0.15, 0.2) is 30.3 Å². The maximum atomic E-state index is 12.1. The van der Waals surface area contributed by atoms with Crippen LogP contribution in [-0.4, -0.2) is 17.4 Å². The van der Waals surface area contributed by atoms with Crippen LogP contribution in [0, 0.1) is 30.9 Å². The number of anilines is 2. The standard InChI is InChI=1S/C17H18ClN3O3/c1-10-4-5-13(18)7-15(10)20-17(22)9-19-14-8-16(21(23)24)12(3)6-11(14)2/h4-8,19H,9H2,1-3H3,(H,20,22). The molecule has 2 aromatic rings. The Kier molecular flexibility index (Phi) is 5.41. The van der Waals surface area contributed by atoms with Crippen LogP contribution in [-0.2, 0) is 4.79 Å². The molecule has 0 saturated carbocycles. The normalized spacial score (nSPS) is 10.3. The molecule has 0 aliphatic heterocycles. The number of hydrogen-bond acceptors (Lipinski definition) is 4. The van der Waals surface area contributed by atoms with Crippen molar-refractivity contribution in [2.24, 2.45) is 0 Å². The zero-order chi connectivity index (χ0) is 17.9. The summed E-state index contributed by atoms with van der Waals surface area (Å²) in [6.07, 6.45) is 0. The van der Waals surface area contributed by atoms with E-state index in [2.05, 4.69) is 10.6 Å². The number of amides is 1. The summed E-state index contributed by atoms with van der Waals surface area (Å²) in [6, 6.07) is 8.41. The summed E-state index contributed by atoms with van der Waals surface area (Å²) < 4.78 is 0. The number of carbonyl (C=O) groups excluding carboxylic acids is 1. The Hall–Kier alpha value is -2.60. The second kappa shape index (κ2) is 7.31. The highest BCUT2D eigenvalue weighted by Crippen LogP contribution is 2.26. The third kappa shape index (κ3) is 4.23. The Morgan fingerprint density at radius 1 is 1.08 bits per heavy atom. The number of carbonyl (C=O) groups is 1. The van der Waals surface area contributed by atoms with Gasteiger partial charge in [-0.3, -0.25) is 14.9 Å². The number of hydrogen-bond donors (Lipinski definition) is 2. The van der Waals surface area contributed by atoms with Crippen molar-refractivity contribution in [3.05, 3.63) is 62.2 Å². The Bertz CT molecular complexity index is 806. The molecule has 2 rings (SSSR count). The van der Waals surface area contributed by atoms with Gasteiger partial charge in [-0.05, 0) is 50.1 Å². The van der Waals surface area contributed by atoms with Crippen LogP contribution >= 0.6 is 11.6 Å². The van der Waals surface area contributed by atoms with Gasteiger partial charge in [0.15, 0.2) is 0 Å². The van der Waals surface area contributed by atoms with Crippen LogP contribution in [0.25, 0.3) is 0 Å². The van der Waals surface area contributed by atoms with Crippen LogP contribution in [0.5, 0.6) is 0 Å². The van der Waals surface area contributed by atoms with E-state index in [0.717, 1.165) is 11.1 Å². The number of nitro benzene ring substituents is 1. The Morgan fingerprint density at radius 2 is 1.79 bits per heavy atom. The zero-order valence-electron chi connectivity index (χ0n) is 13.6. The molecule has 7 heteroatoms. The second-order valence-electron chi connectivity index (χ2n) is 5.57. The van der Waals surface area contributed by atoms with Gasteiger partial charge in [-0.25, -0.2) is 0 Å². The smallest absolute Gasteiger partial charge is 0.274 e. The van der Waals surface area contributed by atoms with Gasteiger partial charge in [0.25, 0.3) is 5.69 Å². The van der Waals surface area contributed by atoms with Crippen molar-refractivity contribution in [2.45, 2.75) is 20.8 Å². The molecule has 2 N–H and O–H groups in total. The van der Waals surface area contributed by atoms with Crippen molar-refractivity contribution < 1.29 is 9.72 Å². The average Bonchev–Trinajstić information content (AvgIpc) is 2.49. The lowest BCUT2D eigenvalue weighted by molar-refractivity contribution is -0.385. The van der Waals surface area contributed by atoms with Gasteiger partial charge in [-0.1, -0.05) is 17.7 Å². The molecule has 0 radical (unpaired) electrons. The van der Waals surface area contributed by atoms with Crippen LogP contribution in [0.1, 0.15) is 16.7 Å². The van der Waals surface area contributed by atoms with E-state index in [-0.39, 0.29) is 18.1 Å². The lowest BCUT2D eigenvalue weighted by Crippen LogP contribution is -2.22. The van der Waals surface area contributed by atoms with Gasteiger partial charge in [0.2, 0.25) is 5.91 Å². The topological polar surface area (TPSA) is 84.3 Å². The quantitative estimate of drug-likeness (QED) is 0.626. The van der Waals surface area contributed by atoms with E-state index in [1.54, 1.807) is 25.1 Å². The number of benzene rings is 2. The van der Waals surface area contributed by atoms with Gasteiger partial charge in [0.05, 0.1) is 11.5 Å². The highest BCUT2D eigenvalue weighted by Gasteiger charge is 2.14. The highest BCUT2D eigenvalue weighted by molar-refractivity contribution is 6.31. The van der Waals surface area contributed by atoms with E-state index < -0.39 is 4.92 Å². The number of rotatable bonds is 5. The molecule has 0 spiro atoms. The first-order valence-corrected chi connectivity index (χ1v) is 7.71. The van der Waals surface area contributed by atoms with Gasteiger partial charge in [-0.2, -0.15) is 0 Å². The van der Waals surface area contributed by atoms with Crippen molar-refractivity contribution in [2.75, 3.05) is 17.2 Å². The molecule has 1 amide bonds. The van der Waals surface area contributed by atoms with Crippen LogP contribution in [0.2, 0.25) is 5.02 Å². The van der Waals surface area contributed by atoms with E-state index in [1.165, 1.54) is 6.07 Å². The van der Waals surface area contributed by atoms with Crippen LogP contribution < -0.4 is 10.6 Å². The monoisotopic (exact) mass is 347 g/mol. The first kappa shape index (κ1) is 17.7. The molecule has 0 atom stereocenters. The summed E-state index contributed by atoms with van der Waals surface area (Å²) >= 11 is 5.93. The van der Waals surface area contributed by atoms with E-state index in [0.29, 0.717) is 22.0 Å². The lowest BCUT2D eigenvalue weighted by Gasteiger charge is -2.12. The molecule has 6 nitrogen and oxygen atoms in total.